The van der Waals surface area contributed by atoms with E-state index >= 15 is 0 Å². The van der Waals surface area contributed by atoms with Crippen molar-refractivity contribution in [2.45, 2.75) is 37.4 Å². The third-order valence-corrected chi connectivity index (χ3v) is 5.57. The van der Waals surface area contributed by atoms with Crippen LogP contribution in [0.1, 0.15) is 35.2 Å². The zero-order valence-corrected chi connectivity index (χ0v) is 12.4. The fourth-order valence-corrected chi connectivity index (χ4v) is 4.40. The summed E-state index contributed by atoms with van der Waals surface area (Å²) in [6.07, 6.45) is 8.96. The fourth-order valence-electron chi connectivity index (χ4n) is 3.52. The molecule has 2 N–H and O–H groups in total. The van der Waals surface area contributed by atoms with Crippen LogP contribution in [-0.2, 0) is 0 Å². The van der Waals surface area contributed by atoms with E-state index in [0.29, 0.717) is 17.6 Å². The topological polar surface area (TPSA) is 41.1 Å². The van der Waals surface area contributed by atoms with E-state index in [4.69, 9.17) is 6.42 Å². The summed E-state index contributed by atoms with van der Waals surface area (Å²) >= 11 is 1.62. The molecule has 2 bridgehead atoms. The maximum atomic E-state index is 12.5. The molecule has 2 aliphatic rings. The van der Waals surface area contributed by atoms with Gasteiger partial charge in [0.25, 0.3) is 5.91 Å². The number of thiophene rings is 1. The number of carbonyl (C=O) groups excluding carboxylic acids is 1. The minimum atomic E-state index is 0.00502. The Morgan fingerprint density at radius 3 is 3.05 bits per heavy atom. The summed E-state index contributed by atoms with van der Waals surface area (Å²) in [5, 5.41) is 9.68. The average Bonchev–Trinajstić information content (AvgIpc) is 3.21. The van der Waals surface area contributed by atoms with Crippen LogP contribution < -0.4 is 10.6 Å². The van der Waals surface area contributed by atoms with E-state index in [1.54, 1.807) is 11.3 Å². The highest BCUT2D eigenvalue weighted by molar-refractivity contribution is 7.17. The van der Waals surface area contributed by atoms with Gasteiger partial charge in [0.05, 0.1) is 0 Å². The second-order valence-electron chi connectivity index (χ2n) is 5.87. The molecule has 0 aliphatic carbocycles. The van der Waals surface area contributed by atoms with Gasteiger partial charge < -0.3 is 10.6 Å². The molecule has 2 saturated heterocycles. The van der Waals surface area contributed by atoms with E-state index < -0.39 is 0 Å². The minimum absolute atomic E-state index is 0.00502. The lowest BCUT2D eigenvalue weighted by Gasteiger charge is -2.21. The van der Waals surface area contributed by atoms with Gasteiger partial charge in [-0.3, -0.25) is 4.79 Å². The first-order valence-corrected chi connectivity index (χ1v) is 8.17. The summed E-state index contributed by atoms with van der Waals surface area (Å²) in [5.41, 5.74) is 1.56. The number of carbonyl (C=O) groups is 1. The second kappa shape index (κ2) is 4.87. The van der Waals surface area contributed by atoms with Crippen LogP contribution in [0.25, 0.3) is 10.1 Å². The number of fused-ring (bicyclic) bond motifs is 3. The third-order valence-electron chi connectivity index (χ3n) is 4.61. The Labute approximate surface area is 127 Å². The number of terminal acetylenes is 1. The molecule has 3 heterocycles. The molecule has 1 aromatic carbocycles. The van der Waals surface area contributed by atoms with Gasteiger partial charge in [0, 0.05) is 44.7 Å². The standard InChI is InChI=1S/C17H16N2OS/c1-2-10-9-21-16-6-3-11(7-13(10)16)17(20)19-15-8-12-4-5-14(15)18-12/h1,3,6-7,9,12,14-15,18H,4-5,8H2,(H,19,20)/t12-,14+,15-/m1/s1. The molecule has 2 aromatic rings. The molecule has 4 heteroatoms. The van der Waals surface area contributed by atoms with Crippen molar-refractivity contribution in [3.8, 4) is 12.3 Å². The van der Waals surface area contributed by atoms with Gasteiger partial charge in [0.15, 0.2) is 0 Å². The van der Waals surface area contributed by atoms with Crippen LogP contribution in [0.15, 0.2) is 23.6 Å². The molecule has 1 amide bonds. The van der Waals surface area contributed by atoms with Crippen LogP contribution >= 0.6 is 11.3 Å². The highest BCUT2D eigenvalue weighted by atomic mass is 32.1. The van der Waals surface area contributed by atoms with Crippen LogP contribution in [0.3, 0.4) is 0 Å². The van der Waals surface area contributed by atoms with Gasteiger partial charge >= 0.3 is 0 Å². The van der Waals surface area contributed by atoms with Crippen molar-refractivity contribution in [3.05, 3.63) is 34.7 Å². The van der Waals surface area contributed by atoms with Gasteiger partial charge in [-0.15, -0.1) is 17.8 Å². The first-order chi connectivity index (χ1) is 10.2. The first-order valence-electron chi connectivity index (χ1n) is 7.29. The van der Waals surface area contributed by atoms with E-state index in [1.165, 1.54) is 12.8 Å². The van der Waals surface area contributed by atoms with Crippen molar-refractivity contribution in [1.29, 1.82) is 0 Å². The van der Waals surface area contributed by atoms with Crippen LogP contribution in [-0.4, -0.2) is 24.0 Å². The highest BCUT2D eigenvalue weighted by Crippen LogP contribution is 2.29. The summed E-state index contributed by atoms with van der Waals surface area (Å²) in [6, 6.07) is 7.08. The lowest BCUT2D eigenvalue weighted by atomic mass is 9.95. The molecule has 3 nitrogen and oxygen atoms in total. The Bertz CT molecular complexity index is 758. The molecule has 0 radical (unpaired) electrons. The Morgan fingerprint density at radius 1 is 1.43 bits per heavy atom. The smallest absolute Gasteiger partial charge is 0.251 e. The van der Waals surface area contributed by atoms with Crippen molar-refractivity contribution in [1.82, 2.24) is 10.6 Å². The van der Waals surface area contributed by atoms with Crippen molar-refractivity contribution in [3.63, 3.8) is 0 Å². The molecule has 3 atom stereocenters. The quantitative estimate of drug-likeness (QED) is 0.836. The van der Waals surface area contributed by atoms with Gasteiger partial charge in [-0.25, -0.2) is 0 Å². The molecule has 4 rings (SSSR count). The number of hydrogen-bond acceptors (Lipinski definition) is 3. The SMILES string of the molecule is C#Cc1csc2ccc(C(=O)N[C@@H]3C[C@H]4CC[C@@H]3N4)cc12. The minimum Gasteiger partial charge on any atom is -0.348 e. The molecule has 0 saturated carbocycles. The zero-order chi connectivity index (χ0) is 14.4. The number of rotatable bonds is 2. The lowest BCUT2D eigenvalue weighted by molar-refractivity contribution is 0.0931. The summed E-state index contributed by atoms with van der Waals surface area (Å²) in [6.45, 7) is 0. The summed E-state index contributed by atoms with van der Waals surface area (Å²) in [4.78, 5) is 12.5. The second-order valence-corrected chi connectivity index (χ2v) is 6.78. The summed E-state index contributed by atoms with van der Waals surface area (Å²) in [7, 11) is 0. The Balaban J connectivity index is 1.58. The van der Waals surface area contributed by atoms with E-state index in [1.807, 2.05) is 23.6 Å². The maximum Gasteiger partial charge on any atom is 0.251 e. The van der Waals surface area contributed by atoms with Gasteiger partial charge in [-0.2, -0.15) is 0 Å². The van der Waals surface area contributed by atoms with E-state index in [2.05, 4.69) is 16.6 Å². The normalized spacial score (nSPS) is 26.9. The van der Waals surface area contributed by atoms with Crippen molar-refractivity contribution in [2.24, 2.45) is 0 Å². The van der Waals surface area contributed by atoms with Crippen LogP contribution in [0.5, 0.6) is 0 Å². The Hall–Kier alpha value is -1.83. The van der Waals surface area contributed by atoms with Crippen molar-refractivity contribution >= 4 is 27.3 Å². The molecule has 2 aliphatic heterocycles. The first kappa shape index (κ1) is 12.9. The maximum absolute atomic E-state index is 12.5. The van der Waals surface area contributed by atoms with Gasteiger partial charge in [-0.05, 0) is 37.5 Å². The molecule has 0 spiro atoms. The van der Waals surface area contributed by atoms with Crippen molar-refractivity contribution < 1.29 is 4.79 Å². The van der Waals surface area contributed by atoms with Crippen LogP contribution in [0.2, 0.25) is 0 Å². The lowest BCUT2D eigenvalue weighted by Crippen LogP contribution is -2.42. The number of hydrogen-bond donors (Lipinski definition) is 2. The molecule has 21 heavy (non-hydrogen) atoms. The average molecular weight is 296 g/mol. The van der Waals surface area contributed by atoms with Crippen LogP contribution in [0, 0.1) is 12.3 Å². The van der Waals surface area contributed by atoms with Gasteiger partial charge in [-0.1, -0.05) is 5.92 Å². The Morgan fingerprint density at radius 2 is 2.33 bits per heavy atom. The van der Waals surface area contributed by atoms with E-state index in [-0.39, 0.29) is 11.9 Å². The van der Waals surface area contributed by atoms with E-state index in [0.717, 1.165) is 22.1 Å². The number of benzene rings is 1. The predicted molar refractivity (Wildman–Crippen MR) is 85.6 cm³/mol. The Kier molecular flexibility index (Phi) is 2.99. The predicted octanol–water partition coefficient (Wildman–Crippen LogP) is 2.51. The number of nitrogens with one attached hydrogen (secondary N) is 2. The van der Waals surface area contributed by atoms with Gasteiger partial charge in [0.2, 0.25) is 0 Å². The van der Waals surface area contributed by atoms with Gasteiger partial charge in [0.1, 0.15) is 0 Å². The van der Waals surface area contributed by atoms with E-state index in [9.17, 15) is 4.79 Å². The zero-order valence-electron chi connectivity index (χ0n) is 11.6. The molecule has 2 fully saturated rings. The largest absolute Gasteiger partial charge is 0.348 e. The molecule has 106 valence electrons. The highest BCUT2D eigenvalue weighted by Gasteiger charge is 2.39. The summed E-state index contributed by atoms with van der Waals surface area (Å²) < 4.78 is 1.13. The summed E-state index contributed by atoms with van der Waals surface area (Å²) in [5.74, 6) is 2.68. The molecule has 1 aromatic heterocycles. The number of amides is 1. The fraction of sp³-hybridized carbons (Fsp3) is 0.353. The molecular formula is C17H16N2OS. The van der Waals surface area contributed by atoms with Crippen LogP contribution in [0.4, 0.5) is 0 Å². The molecule has 0 unspecified atom stereocenters. The monoisotopic (exact) mass is 296 g/mol. The molecular weight excluding hydrogens is 280 g/mol. The van der Waals surface area contributed by atoms with Crippen molar-refractivity contribution in [2.75, 3.05) is 0 Å². The third kappa shape index (κ3) is 2.14.